The average Bonchev–Trinajstić information content (AvgIpc) is 2.44. The number of benzene rings is 1. The van der Waals surface area contributed by atoms with Gasteiger partial charge in [-0.25, -0.2) is 9.59 Å². The van der Waals surface area contributed by atoms with Crippen molar-refractivity contribution in [2.45, 2.75) is 60.5 Å². The van der Waals surface area contributed by atoms with Crippen molar-refractivity contribution in [2.75, 3.05) is 0 Å². The molecule has 134 valence electrons. The number of carbonyl (C=O) groups is 2. The van der Waals surface area contributed by atoms with E-state index in [1.54, 1.807) is 12.1 Å². The third kappa shape index (κ3) is 6.34. The summed E-state index contributed by atoms with van der Waals surface area (Å²) >= 11 is 0. The Morgan fingerprint density at radius 1 is 1.08 bits per heavy atom. The summed E-state index contributed by atoms with van der Waals surface area (Å²) in [6, 6.07) is 6.18. The van der Waals surface area contributed by atoms with E-state index in [4.69, 9.17) is 4.74 Å². The molecule has 0 spiro atoms. The largest absolute Gasteiger partial charge is 0.478 e. The Balaban J connectivity index is 2.86. The highest BCUT2D eigenvalue weighted by Gasteiger charge is 2.26. The van der Waals surface area contributed by atoms with Crippen molar-refractivity contribution in [3.05, 3.63) is 35.4 Å². The highest BCUT2D eigenvalue weighted by molar-refractivity contribution is 6.02. The van der Waals surface area contributed by atoms with Crippen LogP contribution in [0.5, 0.6) is 0 Å². The molecular weight excluding hydrogens is 304 g/mol. The monoisotopic (exact) mass is 334 g/mol. The van der Waals surface area contributed by atoms with E-state index in [2.05, 4.69) is 27.7 Å². The number of rotatable bonds is 7. The summed E-state index contributed by atoms with van der Waals surface area (Å²) in [4.78, 5) is 23.7. The number of hydrogen-bond acceptors (Lipinski definition) is 3. The fourth-order valence-corrected chi connectivity index (χ4v) is 3.03. The van der Waals surface area contributed by atoms with Gasteiger partial charge in [-0.15, -0.1) is 0 Å². The number of ether oxygens (including phenoxy) is 1. The van der Waals surface area contributed by atoms with Crippen LogP contribution >= 0.6 is 0 Å². The van der Waals surface area contributed by atoms with Crippen LogP contribution in [0, 0.1) is 17.3 Å². The van der Waals surface area contributed by atoms with Gasteiger partial charge >= 0.3 is 11.9 Å². The molecule has 4 heteroatoms. The predicted octanol–water partition coefficient (Wildman–Crippen LogP) is 5.03. The average molecular weight is 334 g/mol. The van der Waals surface area contributed by atoms with Gasteiger partial charge in [0.2, 0.25) is 0 Å². The summed E-state index contributed by atoms with van der Waals surface area (Å²) in [5.41, 5.74) is 0.313. The lowest BCUT2D eigenvalue weighted by atomic mass is 9.82. The zero-order valence-electron chi connectivity index (χ0n) is 15.6. The number of carboxylic acid groups (broad SMARTS) is 1. The van der Waals surface area contributed by atoms with Gasteiger partial charge < -0.3 is 9.84 Å². The second-order valence-corrected chi connectivity index (χ2v) is 8.14. The van der Waals surface area contributed by atoms with E-state index >= 15 is 0 Å². The van der Waals surface area contributed by atoms with Gasteiger partial charge in [0.1, 0.15) is 6.10 Å². The first-order chi connectivity index (χ1) is 11.0. The molecule has 0 saturated carbocycles. The zero-order valence-corrected chi connectivity index (χ0v) is 15.6. The quantitative estimate of drug-likeness (QED) is 0.710. The van der Waals surface area contributed by atoms with Crippen LogP contribution < -0.4 is 0 Å². The van der Waals surface area contributed by atoms with Gasteiger partial charge in [0.25, 0.3) is 0 Å². The Hall–Kier alpha value is -1.84. The van der Waals surface area contributed by atoms with Crippen molar-refractivity contribution >= 4 is 11.9 Å². The second-order valence-electron chi connectivity index (χ2n) is 8.14. The fraction of sp³-hybridized carbons (Fsp3) is 0.600. The van der Waals surface area contributed by atoms with Crippen molar-refractivity contribution in [1.82, 2.24) is 0 Å². The third-order valence-corrected chi connectivity index (χ3v) is 3.97. The molecule has 0 aliphatic rings. The molecule has 2 unspecified atom stereocenters. The number of hydrogen-bond donors (Lipinski definition) is 1. The Kier molecular flexibility index (Phi) is 7.00. The molecule has 0 fully saturated rings. The summed E-state index contributed by atoms with van der Waals surface area (Å²) in [7, 11) is 0. The molecule has 1 aromatic rings. The van der Waals surface area contributed by atoms with Gasteiger partial charge in [-0.05, 0) is 42.2 Å². The molecule has 0 heterocycles. The zero-order chi connectivity index (χ0) is 18.5. The van der Waals surface area contributed by atoms with E-state index in [0.29, 0.717) is 5.92 Å². The normalized spacial score (nSPS) is 14.3. The van der Waals surface area contributed by atoms with Crippen LogP contribution in [0.3, 0.4) is 0 Å². The smallest absolute Gasteiger partial charge is 0.339 e. The minimum Gasteiger partial charge on any atom is -0.478 e. The molecule has 0 bridgehead atoms. The molecular formula is C20H30O4. The Morgan fingerprint density at radius 2 is 1.62 bits per heavy atom. The first kappa shape index (κ1) is 20.2. The lowest BCUT2D eigenvalue weighted by Gasteiger charge is -2.28. The van der Waals surface area contributed by atoms with Gasteiger partial charge in [-0.3, -0.25) is 0 Å². The SMILES string of the molecule is CC(CC(OC(=O)c1ccccc1C(=O)O)C(C)C)CC(C)(C)C. The summed E-state index contributed by atoms with van der Waals surface area (Å²) in [5.74, 6) is -1.09. The highest BCUT2D eigenvalue weighted by Crippen LogP contribution is 2.29. The second kappa shape index (κ2) is 8.32. The molecule has 0 aliphatic carbocycles. The van der Waals surface area contributed by atoms with Crippen molar-refractivity contribution < 1.29 is 19.4 Å². The first-order valence-corrected chi connectivity index (χ1v) is 8.54. The molecule has 0 saturated heterocycles. The van der Waals surface area contributed by atoms with Crippen LogP contribution in [0.15, 0.2) is 24.3 Å². The molecule has 0 radical (unpaired) electrons. The minimum absolute atomic E-state index is 0.0206. The van der Waals surface area contributed by atoms with Gasteiger partial charge in [0, 0.05) is 0 Å². The van der Waals surface area contributed by atoms with E-state index in [1.165, 1.54) is 12.1 Å². The number of carboxylic acids is 1. The summed E-state index contributed by atoms with van der Waals surface area (Å²) < 4.78 is 5.67. The van der Waals surface area contributed by atoms with Crippen LogP contribution in [0.1, 0.15) is 75.1 Å². The van der Waals surface area contributed by atoms with Crippen molar-refractivity contribution in [3.8, 4) is 0 Å². The number of esters is 1. The standard InChI is InChI=1S/C20H30O4/c1-13(2)17(11-14(3)12-20(4,5)6)24-19(23)16-10-8-7-9-15(16)18(21)22/h7-10,13-14,17H,11-12H2,1-6H3,(H,21,22). The third-order valence-electron chi connectivity index (χ3n) is 3.97. The maximum absolute atomic E-state index is 12.5. The van der Waals surface area contributed by atoms with Crippen molar-refractivity contribution in [1.29, 1.82) is 0 Å². The van der Waals surface area contributed by atoms with Gasteiger partial charge in [0.15, 0.2) is 0 Å². The Labute approximate surface area is 145 Å². The topological polar surface area (TPSA) is 63.6 Å². The molecule has 2 atom stereocenters. The maximum atomic E-state index is 12.5. The summed E-state index contributed by atoms with van der Waals surface area (Å²) in [6.45, 7) is 12.8. The van der Waals surface area contributed by atoms with Crippen molar-refractivity contribution in [2.24, 2.45) is 17.3 Å². The van der Waals surface area contributed by atoms with Gasteiger partial charge in [-0.2, -0.15) is 0 Å². The summed E-state index contributed by atoms with van der Waals surface area (Å²) in [6.07, 6.45) is 1.59. The van der Waals surface area contributed by atoms with Crippen LogP contribution in [0.4, 0.5) is 0 Å². The lowest BCUT2D eigenvalue weighted by Crippen LogP contribution is -2.28. The lowest BCUT2D eigenvalue weighted by molar-refractivity contribution is 0.00947. The van der Waals surface area contributed by atoms with Crippen LogP contribution in [0.25, 0.3) is 0 Å². The Morgan fingerprint density at radius 3 is 2.08 bits per heavy atom. The molecule has 0 aliphatic heterocycles. The molecule has 1 N–H and O–H groups in total. The minimum atomic E-state index is -1.12. The maximum Gasteiger partial charge on any atom is 0.339 e. The van der Waals surface area contributed by atoms with E-state index in [0.717, 1.165) is 12.8 Å². The van der Waals surface area contributed by atoms with E-state index in [1.807, 2.05) is 13.8 Å². The van der Waals surface area contributed by atoms with Crippen LogP contribution in [0.2, 0.25) is 0 Å². The Bertz CT molecular complexity index is 569. The van der Waals surface area contributed by atoms with Crippen molar-refractivity contribution in [3.63, 3.8) is 0 Å². The fourth-order valence-electron chi connectivity index (χ4n) is 3.03. The molecule has 0 aromatic heterocycles. The number of carbonyl (C=O) groups excluding carboxylic acids is 1. The number of aromatic carboxylic acids is 1. The van der Waals surface area contributed by atoms with E-state index in [9.17, 15) is 14.7 Å². The molecule has 1 aromatic carbocycles. The summed E-state index contributed by atoms with van der Waals surface area (Å²) in [5, 5.41) is 9.22. The van der Waals surface area contributed by atoms with Crippen LogP contribution in [-0.2, 0) is 4.74 Å². The van der Waals surface area contributed by atoms with E-state index < -0.39 is 11.9 Å². The molecule has 24 heavy (non-hydrogen) atoms. The predicted molar refractivity (Wildman–Crippen MR) is 95.3 cm³/mol. The van der Waals surface area contributed by atoms with Crippen LogP contribution in [-0.4, -0.2) is 23.1 Å². The first-order valence-electron chi connectivity index (χ1n) is 8.54. The molecule has 1 rings (SSSR count). The highest BCUT2D eigenvalue weighted by atomic mass is 16.5. The molecule has 0 amide bonds. The van der Waals surface area contributed by atoms with Gasteiger partial charge in [-0.1, -0.05) is 53.7 Å². The van der Waals surface area contributed by atoms with Gasteiger partial charge in [0.05, 0.1) is 11.1 Å². The van der Waals surface area contributed by atoms with E-state index in [-0.39, 0.29) is 28.6 Å². The molecule has 4 nitrogen and oxygen atoms in total.